The number of rotatable bonds is 1. The molecule has 0 radical (unpaired) electrons. The van der Waals surface area contributed by atoms with Crippen molar-refractivity contribution in [2.75, 3.05) is 20.2 Å². The predicted octanol–water partition coefficient (Wildman–Crippen LogP) is 1.87. The molecule has 0 spiro atoms. The van der Waals surface area contributed by atoms with E-state index in [2.05, 4.69) is 18.6 Å². The molecule has 1 unspecified atom stereocenters. The molecule has 0 N–H and O–H groups in total. The molecule has 3 heteroatoms. The van der Waals surface area contributed by atoms with Crippen LogP contribution in [0.3, 0.4) is 0 Å². The highest BCUT2D eigenvalue weighted by atomic mass is 16.5. The van der Waals surface area contributed by atoms with Crippen LogP contribution in [0.4, 0.5) is 4.79 Å². The Morgan fingerprint density at radius 3 is 2.75 bits per heavy atom. The quantitative estimate of drug-likeness (QED) is 0.602. The van der Waals surface area contributed by atoms with E-state index in [1.807, 2.05) is 0 Å². The molecule has 1 heterocycles. The van der Waals surface area contributed by atoms with Gasteiger partial charge in [-0.05, 0) is 18.3 Å². The Morgan fingerprint density at radius 1 is 1.67 bits per heavy atom. The van der Waals surface area contributed by atoms with Crippen molar-refractivity contribution >= 4 is 6.09 Å². The molecule has 3 nitrogen and oxygen atoms in total. The van der Waals surface area contributed by atoms with Crippen molar-refractivity contribution in [1.29, 1.82) is 0 Å². The maximum absolute atomic E-state index is 11.1. The minimum absolute atomic E-state index is 0.188. The molecule has 0 aromatic rings. The predicted molar refractivity (Wildman–Crippen MR) is 47.0 cm³/mol. The van der Waals surface area contributed by atoms with Gasteiger partial charge in [0.05, 0.1) is 7.11 Å². The second kappa shape index (κ2) is 3.33. The van der Waals surface area contributed by atoms with Crippen molar-refractivity contribution in [2.24, 2.45) is 5.41 Å². The van der Waals surface area contributed by atoms with Crippen LogP contribution in [0.2, 0.25) is 0 Å². The lowest BCUT2D eigenvalue weighted by molar-refractivity contribution is 0.128. The summed E-state index contributed by atoms with van der Waals surface area (Å²) in [5, 5.41) is 0. The number of hydrogen-bond donors (Lipinski definition) is 0. The van der Waals surface area contributed by atoms with Gasteiger partial charge in [-0.2, -0.15) is 0 Å². The molecular formula is C9H17NO2. The average molecular weight is 171 g/mol. The van der Waals surface area contributed by atoms with Crippen LogP contribution in [-0.2, 0) is 4.74 Å². The highest BCUT2D eigenvalue weighted by Gasteiger charge is 2.34. The Labute approximate surface area is 73.7 Å². The van der Waals surface area contributed by atoms with E-state index in [1.54, 1.807) is 4.90 Å². The molecule has 0 saturated carbocycles. The Hall–Kier alpha value is -0.730. The van der Waals surface area contributed by atoms with E-state index in [1.165, 1.54) is 7.11 Å². The molecule has 1 fully saturated rings. The summed E-state index contributed by atoms with van der Waals surface area (Å²) < 4.78 is 4.66. The number of amides is 1. The van der Waals surface area contributed by atoms with Crippen molar-refractivity contribution < 1.29 is 9.53 Å². The normalized spacial score (nSPS) is 29.1. The molecular weight excluding hydrogens is 154 g/mol. The summed E-state index contributed by atoms with van der Waals surface area (Å²) in [4.78, 5) is 12.9. The van der Waals surface area contributed by atoms with E-state index in [0.29, 0.717) is 5.41 Å². The minimum Gasteiger partial charge on any atom is -0.453 e. The van der Waals surface area contributed by atoms with Crippen LogP contribution in [-0.4, -0.2) is 31.2 Å². The van der Waals surface area contributed by atoms with Crippen molar-refractivity contribution in [1.82, 2.24) is 4.90 Å². The third-order valence-corrected chi connectivity index (χ3v) is 2.84. The van der Waals surface area contributed by atoms with Gasteiger partial charge in [0, 0.05) is 13.1 Å². The van der Waals surface area contributed by atoms with Crippen LogP contribution in [0.25, 0.3) is 0 Å². The fraction of sp³-hybridized carbons (Fsp3) is 0.889. The third kappa shape index (κ3) is 1.71. The molecule has 1 saturated heterocycles. The highest BCUT2D eigenvalue weighted by molar-refractivity contribution is 5.67. The van der Waals surface area contributed by atoms with Gasteiger partial charge in [0.15, 0.2) is 0 Å². The van der Waals surface area contributed by atoms with Gasteiger partial charge in [-0.15, -0.1) is 0 Å². The maximum atomic E-state index is 11.1. The van der Waals surface area contributed by atoms with E-state index < -0.39 is 0 Å². The fourth-order valence-corrected chi connectivity index (χ4v) is 1.60. The smallest absolute Gasteiger partial charge is 0.409 e. The molecule has 12 heavy (non-hydrogen) atoms. The first-order valence-corrected chi connectivity index (χ1v) is 4.44. The Kier molecular flexibility index (Phi) is 2.60. The number of hydrogen-bond acceptors (Lipinski definition) is 2. The maximum Gasteiger partial charge on any atom is 0.409 e. The average Bonchev–Trinajstić information content (AvgIpc) is 2.48. The summed E-state index contributed by atoms with van der Waals surface area (Å²) in [5.41, 5.74) is 0.314. The molecule has 0 aromatic heterocycles. The minimum atomic E-state index is -0.188. The summed E-state index contributed by atoms with van der Waals surface area (Å²) in [6, 6.07) is 0. The molecule has 0 bridgehead atoms. The number of likely N-dealkylation sites (tertiary alicyclic amines) is 1. The number of methoxy groups -OCH3 is 1. The van der Waals surface area contributed by atoms with Crippen LogP contribution < -0.4 is 0 Å². The largest absolute Gasteiger partial charge is 0.453 e. The lowest BCUT2D eigenvalue weighted by Crippen LogP contribution is -2.30. The van der Waals surface area contributed by atoms with E-state index >= 15 is 0 Å². The van der Waals surface area contributed by atoms with Gasteiger partial charge in [-0.25, -0.2) is 4.79 Å². The van der Waals surface area contributed by atoms with Gasteiger partial charge in [0.25, 0.3) is 0 Å². The number of carbonyl (C=O) groups excluding carboxylic acids is 1. The first kappa shape index (κ1) is 9.36. The zero-order valence-corrected chi connectivity index (χ0v) is 8.09. The zero-order valence-electron chi connectivity index (χ0n) is 8.09. The SMILES string of the molecule is CCC1(C)CCN(C(=O)OC)C1. The van der Waals surface area contributed by atoms with Gasteiger partial charge in [0.1, 0.15) is 0 Å². The molecule has 1 amide bonds. The van der Waals surface area contributed by atoms with Crippen molar-refractivity contribution in [2.45, 2.75) is 26.7 Å². The van der Waals surface area contributed by atoms with Gasteiger partial charge >= 0.3 is 6.09 Å². The summed E-state index contributed by atoms with van der Waals surface area (Å²) in [6.07, 6.45) is 2.03. The van der Waals surface area contributed by atoms with Crippen molar-refractivity contribution in [3.8, 4) is 0 Å². The van der Waals surface area contributed by atoms with Gasteiger partial charge in [0.2, 0.25) is 0 Å². The van der Waals surface area contributed by atoms with E-state index in [0.717, 1.165) is 25.9 Å². The standard InChI is InChI=1S/C9H17NO2/c1-4-9(2)5-6-10(7-9)8(11)12-3/h4-7H2,1-3H3. The van der Waals surface area contributed by atoms with Crippen LogP contribution in [0, 0.1) is 5.41 Å². The van der Waals surface area contributed by atoms with Crippen molar-refractivity contribution in [3.63, 3.8) is 0 Å². The summed E-state index contributed by atoms with van der Waals surface area (Å²) in [6.45, 7) is 6.07. The number of nitrogens with zero attached hydrogens (tertiary/aromatic N) is 1. The molecule has 1 rings (SSSR count). The van der Waals surface area contributed by atoms with E-state index in [4.69, 9.17) is 0 Å². The molecule has 1 aliphatic rings. The van der Waals surface area contributed by atoms with Crippen LogP contribution in [0.5, 0.6) is 0 Å². The Bertz CT molecular complexity index is 181. The van der Waals surface area contributed by atoms with Crippen molar-refractivity contribution in [3.05, 3.63) is 0 Å². The Morgan fingerprint density at radius 2 is 2.33 bits per heavy atom. The monoisotopic (exact) mass is 171 g/mol. The topological polar surface area (TPSA) is 29.5 Å². The van der Waals surface area contributed by atoms with Crippen LogP contribution in [0.15, 0.2) is 0 Å². The molecule has 1 atom stereocenters. The summed E-state index contributed by atoms with van der Waals surface area (Å²) in [5.74, 6) is 0. The van der Waals surface area contributed by atoms with Gasteiger partial charge in [-0.3, -0.25) is 0 Å². The highest BCUT2D eigenvalue weighted by Crippen LogP contribution is 2.32. The molecule has 1 aliphatic heterocycles. The molecule has 0 aliphatic carbocycles. The molecule has 70 valence electrons. The number of ether oxygens (including phenoxy) is 1. The van der Waals surface area contributed by atoms with Crippen LogP contribution >= 0.6 is 0 Å². The van der Waals surface area contributed by atoms with E-state index in [9.17, 15) is 4.79 Å². The van der Waals surface area contributed by atoms with Crippen LogP contribution in [0.1, 0.15) is 26.7 Å². The third-order valence-electron chi connectivity index (χ3n) is 2.84. The van der Waals surface area contributed by atoms with E-state index in [-0.39, 0.29) is 6.09 Å². The lowest BCUT2D eigenvalue weighted by Gasteiger charge is -2.21. The first-order chi connectivity index (χ1) is 5.61. The zero-order chi connectivity index (χ0) is 9.19. The first-order valence-electron chi connectivity index (χ1n) is 4.44. The lowest BCUT2D eigenvalue weighted by atomic mass is 9.87. The second-order valence-electron chi connectivity index (χ2n) is 3.81. The summed E-state index contributed by atoms with van der Waals surface area (Å²) >= 11 is 0. The second-order valence-corrected chi connectivity index (χ2v) is 3.81. The fourth-order valence-electron chi connectivity index (χ4n) is 1.60. The molecule has 0 aromatic carbocycles. The van der Waals surface area contributed by atoms with Gasteiger partial charge in [-0.1, -0.05) is 13.8 Å². The summed E-state index contributed by atoms with van der Waals surface area (Å²) in [7, 11) is 1.43. The Balaban J connectivity index is 2.50. The number of carbonyl (C=O) groups is 1. The van der Waals surface area contributed by atoms with Gasteiger partial charge < -0.3 is 9.64 Å².